The predicted molar refractivity (Wildman–Crippen MR) is 70.9 cm³/mol. The summed E-state index contributed by atoms with van der Waals surface area (Å²) in [5.74, 6) is 0.0853. The first kappa shape index (κ1) is 13.7. The molecule has 1 rings (SSSR count). The van der Waals surface area contributed by atoms with E-state index >= 15 is 0 Å². The Morgan fingerprint density at radius 3 is 2.71 bits per heavy atom. The van der Waals surface area contributed by atoms with Gasteiger partial charge in [-0.1, -0.05) is 24.3 Å². The van der Waals surface area contributed by atoms with Gasteiger partial charge in [0.1, 0.15) is 0 Å². The van der Waals surface area contributed by atoms with Crippen LogP contribution in [0.5, 0.6) is 0 Å². The molecular formula is C14H22N2O. The van der Waals surface area contributed by atoms with Crippen LogP contribution in [0.4, 0.5) is 0 Å². The van der Waals surface area contributed by atoms with Crippen molar-refractivity contribution in [3.63, 3.8) is 0 Å². The molecule has 0 saturated heterocycles. The third-order valence-electron chi connectivity index (χ3n) is 2.95. The molecule has 1 amide bonds. The van der Waals surface area contributed by atoms with Crippen molar-refractivity contribution in [3.8, 4) is 0 Å². The Balaban J connectivity index is 2.75. The molecule has 3 nitrogen and oxygen atoms in total. The maximum absolute atomic E-state index is 11.5. The molecule has 1 aromatic rings. The van der Waals surface area contributed by atoms with Gasteiger partial charge in [0.15, 0.2) is 0 Å². The number of nitrogens with one attached hydrogen (secondary N) is 1. The Labute approximate surface area is 104 Å². The third-order valence-corrected chi connectivity index (χ3v) is 2.95. The Hall–Kier alpha value is -1.35. The van der Waals surface area contributed by atoms with Crippen molar-refractivity contribution in [2.45, 2.75) is 26.3 Å². The van der Waals surface area contributed by atoms with Crippen LogP contribution in [0.25, 0.3) is 0 Å². The summed E-state index contributed by atoms with van der Waals surface area (Å²) in [5, 5.41) is 2.82. The molecule has 0 aliphatic rings. The van der Waals surface area contributed by atoms with E-state index in [0.717, 1.165) is 5.56 Å². The normalized spacial score (nSPS) is 12.5. The molecule has 0 aliphatic heterocycles. The number of carbonyl (C=O) groups is 1. The molecule has 0 fully saturated rings. The van der Waals surface area contributed by atoms with Gasteiger partial charge in [0, 0.05) is 12.6 Å². The third kappa shape index (κ3) is 4.19. The molecular weight excluding hydrogens is 212 g/mol. The number of likely N-dealkylation sites (N-methyl/N-ethyl adjacent to an activating group) is 1. The fourth-order valence-corrected chi connectivity index (χ4v) is 1.71. The fourth-order valence-electron chi connectivity index (χ4n) is 1.71. The standard InChI is InChI=1S/C14H22N2O/c1-5-15-14(17)10-12-7-6-8-13(9-12)11(2)16(3)4/h6-9,11H,5,10H2,1-4H3,(H,15,17)/t11-/m0/s1. The summed E-state index contributed by atoms with van der Waals surface area (Å²) in [4.78, 5) is 13.7. The van der Waals surface area contributed by atoms with E-state index in [4.69, 9.17) is 0 Å². The van der Waals surface area contributed by atoms with Crippen LogP contribution in [0, 0.1) is 0 Å². The van der Waals surface area contributed by atoms with Crippen LogP contribution in [0.2, 0.25) is 0 Å². The summed E-state index contributed by atoms with van der Waals surface area (Å²) in [6.45, 7) is 4.78. The number of carbonyl (C=O) groups excluding carboxylic acids is 1. The highest BCUT2D eigenvalue weighted by atomic mass is 16.1. The van der Waals surface area contributed by atoms with Gasteiger partial charge in [-0.2, -0.15) is 0 Å². The van der Waals surface area contributed by atoms with Crippen LogP contribution in [0.15, 0.2) is 24.3 Å². The average molecular weight is 234 g/mol. The Bertz CT molecular complexity index is 374. The van der Waals surface area contributed by atoms with E-state index in [2.05, 4.69) is 43.4 Å². The monoisotopic (exact) mass is 234 g/mol. The molecule has 0 bridgehead atoms. The van der Waals surface area contributed by atoms with Crippen molar-refractivity contribution in [2.75, 3.05) is 20.6 Å². The summed E-state index contributed by atoms with van der Waals surface area (Å²) in [6, 6.07) is 8.60. The first-order chi connectivity index (χ1) is 8.04. The Morgan fingerprint density at radius 1 is 1.41 bits per heavy atom. The van der Waals surface area contributed by atoms with Crippen LogP contribution >= 0.6 is 0 Å². The lowest BCUT2D eigenvalue weighted by atomic mass is 10.0. The number of hydrogen-bond donors (Lipinski definition) is 1. The van der Waals surface area contributed by atoms with Gasteiger partial charge in [0.05, 0.1) is 6.42 Å². The first-order valence-electron chi connectivity index (χ1n) is 6.06. The van der Waals surface area contributed by atoms with Gasteiger partial charge in [-0.3, -0.25) is 4.79 Å². The fraction of sp³-hybridized carbons (Fsp3) is 0.500. The summed E-state index contributed by atoms with van der Waals surface area (Å²) in [7, 11) is 4.11. The highest BCUT2D eigenvalue weighted by Crippen LogP contribution is 2.18. The van der Waals surface area contributed by atoms with E-state index < -0.39 is 0 Å². The molecule has 3 heteroatoms. The van der Waals surface area contributed by atoms with Crippen molar-refractivity contribution < 1.29 is 4.79 Å². The predicted octanol–water partition coefficient (Wildman–Crippen LogP) is 1.99. The molecule has 0 aromatic heterocycles. The molecule has 0 spiro atoms. The Kier molecular flexibility index (Phi) is 5.16. The van der Waals surface area contributed by atoms with Crippen molar-refractivity contribution in [2.24, 2.45) is 0 Å². The lowest BCUT2D eigenvalue weighted by molar-refractivity contribution is -0.120. The lowest BCUT2D eigenvalue weighted by Crippen LogP contribution is -2.24. The summed E-state index contributed by atoms with van der Waals surface area (Å²) >= 11 is 0. The van der Waals surface area contributed by atoms with Crippen molar-refractivity contribution >= 4 is 5.91 Å². The number of rotatable bonds is 5. The molecule has 0 unspecified atom stereocenters. The van der Waals surface area contributed by atoms with Crippen LogP contribution in [-0.4, -0.2) is 31.4 Å². The van der Waals surface area contributed by atoms with E-state index in [1.165, 1.54) is 5.56 Å². The highest BCUT2D eigenvalue weighted by molar-refractivity contribution is 5.78. The number of amides is 1. The zero-order valence-electron chi connectivity index (χ0n) is 11.2. The molecule has 1 aromatic carbocycles. The smallest absolute Gasteiger partial charge is 0.224 e. The van der Waals surface area contributed by atoms with Gasteiger partial charge in [-0.15, -0.1) is 0 Å². The minimum atomic E-state index is 0.0853. The maximum Gasteiger partial charge on any atom is 0.224 e. The minimum absolute atomic E-state index is 0.0853. The van der Waals surface area contributed by atoms with Crippen LogP contribution in [0.3, 0.4) is 0 Å². The van der Waals surface area contributed by atoms with Crippen molar-refractivity contribution in [1.82, 2.24) is 10.2 Å². The molecule has 94 valence electrons. The van der Waals surface area contributed by atoms with Crippen LogP contribution in [-0.2, 0) is 11.2 Å². The quantitative estimate of drug-likeness (QED) is 0.845. The van der Waals surface area contributed by atoms with Gasteiger partial charge < -0.3 is 10.2 Å². The average Bonchev–Trinajstić information content (AvgIpc) is 2.28. The zero-order valence-corrected chi connectivity index (χ0v) is 11.2. The molecule has 1 N–H and O–H groups in total. The molecule has 0 heterocycles. The van der Waals surface area contributed by atoms with E-state index in [0.29, 0.717) is 19.0 Å². The van der Waals surface area contributed by atoms with Gasteiger partial charge >= 0.3 is 0 Å². The molecule has 17 heavy (non-hydrogen) atoms. The maximum atomic E-state index is 11.5. The van der Waals surface area contributed by atoms with E-state index in [9.17, 15) is 4.79 Å². The topological polar surface area (TPSA) is 32.3 Å². The van der Waals surface area contributed by atoms with E-state index in [1.54, 1.807) is 0 Å². The molecule has 0 aliphatic carbocycles. The lowest BCUT2D eigenvalue weighted by Gasteiger charge is -2.20. The zero-order chi connectivity index (χ0) is 12.8. The van der Waals surface area contributed by atoms with Gasteiger partial charge in [0.25, 0.3) is 0 Å². The first-order valence-corrected chi connectivity index (χ1v) is 6.06. The van der Waals surface area contributed by atoms with E-state index in [-0.39, 0.29) is 5.91 Å². The van der Waals surface area contributed by atoms with Gasteiger partial charge in [-0.25, -0.2) is 0 Å². The largest absolute Gasteiger partial charge is 0.356 e. The summed E-state index contributed by atoms with van der Waals surface area (Å²) in [5.41, 5.74) is 2.32. The van der Waals surface area contributed by atoms with Gasteiger partial charge in [0.2, 0.25) is 5.91 Å². The number of benzene rings is 1. The second-order valence-corrected chi connectivity index (χ2v) is 4.51. The van der Waals surface area contributed by atoms with Crippen molar-refractivity contribution in [3.05, 3.63) is 35.4 Å². The molecule has 1 atom stereocenters. The van der Waals surface area contributed by atoms with Crippen molar-refractivity contribution in [1.29, 1.82) is 0 Å². The van der Waals surface area contributed by atoms with Gasteiger partial charge in [-0.05, 0) is 39.1 Å². The second-order valence-electron chi connectivity index (χ2n) is 4.51. The van der Waals surface area contributed by atoms with Crippen LogP contribution in [0.1, 0.15) is 31.0 Å². The minimum Gasteiger partial charge on any atom is -0.356 e. The molecule has 0 saturated carbocycles. The highest BCUT2D eigenvalue weighted by Gasteiger charge is 2.09. The summed E-state index contributed by atoms with van der Waals surface area (Å²) in [6.07, 6.45) is 0.460. The number of nitrogens with zero attached hydrogens (tertiary/aromatic N) is 1. The summed E-state index contributed by atoms with van der Waals surface area (Å²) < 4.78 is 0. The second kappa shape index (κ2) is 6.40. The molecule has 0 radical (unpaired) electrons. The van der Waals surface area contributed by atoms with E-state index in [1.807, 2.05) is 19.1 Å². The number of hydrogen-bond acceptors (Lipinski definition) is 2. The Morgan fingerprint density at radius 2 is 2.12 bits per heavy atom. The SMILES string of the molecule is CCNC(=O)Cc1cccc([C@H](C)N(C)C)c1. The van der Waals surface area contributed by atoms with Crippen LogP contribution < -0.4 is 5.32 Å².